The molecule has 0 atom stereocenters. The Labute approximate surface area is 125 Å². The molecule has 0 aliphatic rings. The molecule has 0 bridgehead atoms. The standard InChI is InChI=1S/C16H12ClNO3/c1-20-13-3-2-4-14-16(13)12(19)8-15(21-14)9-5-6-10(17)11(18)7-9/h2-8H,18H2,1H3. The van der Waals surface area contributed by atoms with Crippen LogP contribution in [0.5, 0.6) is 5.75 Å². The van der Waals surface area contributed by atoms with E-state index in [-0.39, 0.29) is 5.43 Å². The number of ether oxygens (including phenoxy) is 1. The first-order chi connectivity index (χ1) is 10.1. The lowest BCUT2D eigenvalue weighted by Crippen LogP contribution is -2.02. The van der Waals surface area contributed by atoms with Crippen LogP contribution < -0.4 is 15.9 Å². The van der Waals surface area contributed by atoms with Crippen molar-refractivity contribution in [3.63, 3.8) is 0 Å². The summed E-state index contributed by atoms with van der Waals surface area (Å²) in [5.41, 5.74) is 7.20. The van der Waals surface area contributed by atoms with Gasteiger partial charge in [-0.25, -0.2) is 0 Å². The van der Waals surface area contributed by atoms with E-state index in [1.807, 2.05) is 0 Å². The molecular weight excluding hydrogens is 290 g/mol. The minimum absolute atomic E-state index is 0.169. The third-order valence-corrected chi connectivity index (χ3v) is 3.56. The summed E-state index contributed by atoms with van der Waals surface area (Å²) >= 11 is 5.90. The van der Waals surface area contributed by atoms with E-state index in [2.05, 4.69) is 0 Å². The van der Waals surface area contributed by atoms with E-state index in [4.69, 9.17) is 26.5 Å². The Morgan fingerprint density at radius 2 is 2.00 bits per heavy atom. The predicted octanol–water partition coefficient (Wildman–Crippen LogP) is 3.70. The number of halogens is 1. The van der Waals surface area contributed by atoms with Crippen molar-refractivity contribution >= 4 is 28.3 Å². The fraction of sp³-hybridized carbons (Fsp3) is 0.0625. The molecule has 0 amide bonds. The highest BCUT2D eigenvalue weighted by Gasteiger charge is 2.11. The van der Waals surface area contributed by atoms with E-state index < -0.39 is 0 Å². The van der Waals surface area contributed by atoms with Gasteiger partial charge in [-0.15, -0.1) is 0 Å². The molecule has 0 fully saturated rings. The number of benzene rings is 2. The molecule has 3 aromatic rings. The van der Waals surface area contributed by atoms with E-state index in [9.17, 15) is 4.79 Å². The Hall–Kier alpha value is -2.46. The summed E-state index contributed by atoms with van der Waals surface area (Å²) in [6.07, 6.45) is 0. The zero-order valence-corrected chi connectivity index (χ0v) is 12.0. The van der Waals surface area contributed by atoms with Gasteiger partial charge in [-0.3, -0.25) is 4.79 Å². The van der Waals surface area contributed by atoms with Crippen molar-refractivity contribution in [2.24, 2.45) is 0 Å². The van der Waals surface area contributed by atoms with E-state index >= 15 is 0 Å². The minimum Gasteiger partial charge on any atom is -0.496 e. The molecule has 4 nitrogen and oxygen atoms in total. The van der Waals surface area contributed by atoms with E-state index in [1.54, 1.807) is 36.4 Å². The fourth-order valence-corrected chi connectivity index (χ4v) is 2.30. The zero-order valence-electron chi connectivity index (χ0n) is 11.2. The van der Waals surface area contributed by atoms with Gasteiger partial charge in [-0.1, -0.05) is 17.7 Å². The molecule has 2 N–H and O–H groups in total. The first-order valence-corrected chi connectivity index (χ1v) is 6.64. The molecule has 2 aromatic carbocycles. The van der Waals surface area contributed by atoms with Crippen LogP contribution in [0.1, 0.15) is 0 Å². The predicted molar refractivity (Wildman–Crippen MR) is 83.9 cm³/mol. The van der Waals surface area contributed by atoms with Gasteiger partial charge in [0.2, 0.25) is 0 Å². The van der Waals surface area contributed by atoms with Gasteiger partial charge in [0.05, 0.1) is 17.8 Å². The van der Waals surface area contributed by atoms with Crippen molar-refractivity contribution in [2.45, 2.75) is 0 Å². The number of anilines is 1. The lowest BCUT2D eigenvalue weighted by molar-refractivity contribution is 0.419. The fourth-order valence-electron chi connectivity index (χ4n) is 2.19. The number of methoxy groups -OCH3 is 1. The van der Waals surface area contributed by atoms with E-state index in [0.29, 0.717) is 38.8 Å². The number of rotatable bonds is 2. The monoisotopic (exact) mass is 301 g/mol. The SMILES string of the molecule is COc1cccc2oc(-c3ccc(Cl)c(N)c3)cc(=O)c12. The molecule has 1 heterocycles. The maximum Gasteiger partial charge on any atom is 0.197 e. The molecule has 0 aliphatic carbocycles. The highest BCUT2D eigenvalue weighted by atomic mass is 35.5. The lowest BCUT2D eigenvalue weighted by atomic mass is 10.1. The van der Waals surface area contributed by atoms with Crippen LogP contribution in [-0.2, 0) is 0 Å². The maximum absolute atomic E-state index is 12.3. The van der Waals surface area contributed by atoms with Gasteiger partial charge in [0.15, 0.2) is 5.43 Å². The lowest BCUT2D eigenvalue weighted by Gasteiger charge is -2.07. The Balaban J connectivity index is 2.26. The Bertz CT molecular complexity index is 886. The average molecular weight is 302 g/mol. The number of nitrogen functional groups attached to an aromatic ring is 1. The van der Waals surface area contributed by atoms with Crippen LogP contribution in [0.15, 0.2) is 51.7 Å². The molecular formula is C16H12ClNO3. The Kier molecular flexibility index (Phi) is 3.31. The topological polar surface area (TPSA) is 65.5 Å². The summed E-state index contributed by atoms with van der Waals surface area (Å²) in [5, 5.41) is 0.884. The molecule has 0 radical (unpaired) electrons. The molecule has 0 saturated carbocycles. The van der Waals surface area contributed by atoms with E-state index in [1.165, 1.54) is 13.2 Å². The van der Waals surface area contributed by atoms with Gasteiger partial charge in [0.25, 0.3) is 0 Å². The maximum atomic E-state index is 12.3. The van der Waals surface area contributed by atoms with Crippen LogP contribution in [-0.4, -0.2) is 7.11 Å². The summed E-state index contributed by atoms with van der Waals surface area (Å²) in [4.78, 5) is 12.3. The average Bonchev–Trinajstić information content (AvgIpc) is 2.49. The second-order valence-corrected chi connectivity index (χ2v) is 4.95. The molecule has 106 valence electrons. The highest BCUT2D eigenvalue weighted by molar-refractivity contribution is 6.33. The first kappa shape index (κ1) is 13.5. The van der Waals surface area contributed by atoms with Crippen molar-refractivity contribution in [1.29, 1.82) is 0 Å². The normalized spacial score (nSPS) is 10.8. The van der Waals surface area contributed by atoms with Crippen molar-refractivity contribution in [3.05, 3.63) is 57.7 Å². The largest absolute Gasteiger partial charge is 0.496 e. The van der Waals surface area contributed by atoms with Crippen LogP contribution in [0.4, 0.5) is 5.69 Å². The smallest absolute Gasteiger partial charge is 0.197 e. The molecule has 21 heavy (non-hydrogen) atoms. The highest BCUT2D eigenvalue weighted by Crippen LogP contribution is 2.29. The van der Waals surface area contributed by atoms with Gasteiger partial charge < -0.3 is 14.9 Å². The number of nitrogens with two attached hydrogens (primary N) is 1. The van der Waals surface area contributed by atoms with Crippen molar-refractivity contribution in [3.8, 4) is 17.1 Å². The molecule has 3 rings (SSSR count). The van der Waals surface area contributed by atoms with Crippen LogP contribution in [0, 0.1) is 0 Å². The summed E-state index contributed by atoms with van der Waals surface area (Å²) < 4.78 is 11.0. The molecule has 5 heteroatoms. The van der Waals surface area contributed by atoms with Gasteiger partial charge in [-0.05, 0) is 30.3 Å². The molecule has 0 unspecified atom stereocenters. The Morgan fingerprint density at radius 1 is 1.19 bits per heavy atom. The van der Waals surface area contributed by atoms with Gasteiger partial charge in [0, 0.05) is 11.6 Å². The zero-order chi connectivity index (χ0) is 15.0. The second kappa shape index (κ2) is 5.14. The van der Waals surface area contributed by atoms with Crippen LogP contribution in [0.3, 0.4) is 0 Å². The third-order valence-electron chi connectivity index (χ3n) is 3.22. The molecule has 0 aliphatic heterocycles. The number of fused-ring (bicyclic) bond motifs is 1. The summed E-state index contributed by atoms with van der Waals surface area (Å²) in [5.74, 6) is 0.924. The molecule has 0 spiro atoms. The number of hydrogen-bond donors (Lipinski definition) is 1. The van der Waals surface area contributed by atoms with Crippen LogP contribution in [0.25, 0.3) is 22.3 Å². The summed E-state index contributed by atoms with van der Waals surface area (Å²) in [6, 6.07) is 11.7. The van der Waals surface area contributed by atoms with E-state index in [0.717, 1.165) is 0 Å². The van der Waals surface area contributed by atoms with Crippen LogP contribution >= 0.6 is 11.6 Å². The second-order valence-electron chi connectivity index (χ2n) is 4.54. The quantitative estimate of drug-likeness (QED) is 0.733. The van der Waals surface area contributed by atoms with Crippen molar-refractivity contribution < 1.29 is 9.15 Å². The van der Waals surface area contributed by atoms with Crippen molar-refractivity contribution in [1.82, 2.24) is 0 Å². The van der Waals surface area contributed by atoms with Crippen LogP contribution in [0.2, 0.25) is 5.02 Å². The summed E-state index contributed by atoms with van der Waals surface area (Å²) in [7, 11) is 1.52. The minimum atomic E-state index is -0.169. The van der Waals surface area contributed by atoms with Crippen molar-refractivity contribution in [2.75, 3.05) is 12.8 Å². The Morgan fingerprint density at radius 3 is 2.71 bits per heavy atom. The first-order valence-electron chi connectivity index (χ1n) is 6.26. The molecule has 1 aromatic heterocycles. The number of hydrogen-bond acceptors (Lipinski definition) is 4. The van der Waals surface area contributed by atoms with Gasteiger partial charge in [0.1, 0.15) is 22.5 Å². The molecule has 0 saturated heterocycles. The van der Waals surface area contributed by atoms with Gasteiger partial charge in [-0.2, -0.15) is 0 Å². The van der Waals surface area contributed by atoms with Gasteiger partial charge >= 0.3 is 0 Å². The third kappa shape index (κ3) is 2.34. The summed E-state index contributed by atoms with van der Waals surface area (Å²) in [6.45, 7) is 0.